The van der Waals surface area contributed by atoms with Gasteiger partial charge in [-0.2, -0.15) is 5.21 Å². The van der Waals surface area contributed by atoms with Crippen LogP contribution in [0.15, 0.2) is 59.9 Å². The van der Waals surface area contributed by atoms with Crippen LogP contribution in [0.1, 0.15) is 53.0 Å². The van der Waals surface area contributed by atoms with Crippen molar-refractivity contribution in [2.24, 2.45) is 5.92 Å². The summed E-state index contributed by atoms with van der Waals surface area (Å²) in [4.78, 5) is 3.99. The lowest BCUT2D eigenvalue weighted by atomic mass is 9.98. The Morgan fingerprint density at radius 1 is 1.00 bits per heavy atom. The number of alkyl halides is 2. The van der Waals surface area contributed by atoms with E-state index in [2.05, 4.69) is 63.6 Å². The number of hydrogen-bond acceptors (Lipinski definition) is 5. The Hall–Kier alpha value is -3.29. The van der Waals surface area contributed by atoms with Crippen LogP contribution >= 0.6 is 0 Å². The summed E-state index contributed by atoms with van der Waals surface area (Å²) < 4.78 is 28.5. The molecular formula is C27H34F2N6. The first-order valence-electron chi connectivity index (χ1n) is 12.1. The van der Waals surface area contributed by atoms with Gasteiger partial charge in [0.2, 0.25) is 5.82 Å². The average Bonchev–Trinajstić information content (AvgIpc) is 3.46. The van der Waals surface area contributed by atoms with Crippen LogP contribution in [0.25, 0.3) is 22.5 Å². The quantitative estimate of drug-likeness (QED) is 0.409. The zero-order valence-electron chi connectivity index (χ0n) is 21.1. The Morgan fingerprint density at radius 3 is 2.26 bits per heavy atom. The molecule has 4 rings (SSSR count). The highest BCUT2D eigenvalue weighted by molar-refractivity contribution is 5.80. The fourth-order valence-corrected chi connectivity index (χ4v) is 4.54. The van der Waals surface area contributed by atoms with Gasteiger partial charge in [0.15, 0.2) is 0 Å². The molecule has 186 valence electrons. The SMILES string of the molecule is CC(C)CCC1=C(C(F)F)N(C(C)(C)C)CN1Cc1ccc(-c2ccccc2-c2nn[nH]n2)cc1. The molecule has 0 bridgehead atoms. The van der Waals surface area contributed by atoms with Gasteiger partial charge in [-0.15, -0.1) is 10.2 Å². The number of tetrazole rings is 1. The van der Waals surface area contributed by atoms with Gasteiger partial charge in [-0.05, 0) is 61.4 Å². The number of nitrogens with one attached hydrogen (secondary N) is 1. The number of benzene rings is 2. The van der Waals surface area contributed by atoms with E-state index in [0.29, 0.717) is 31.4 Å². The smallest absolute Gasteiger partial charge is 0.279 e. The number of halogens is 2. The van der Waals surface area contributed by atoms with Crippen molar-refractivity contribution >= 4 is 0 Å². The maximum Gasteiger partial charge on any atom is 0.279 e. The molecule has 1 N–H and O–H groups in total. The van der Waals surface area contributed by atoms with Crippen LogP contribution in [-0.4, -0.2) is 49.1 Å². The van der Waals surface area contributed by atoms with Crippen molar-refractivity contribution < 1.29 is 8.78 Å². The number of H-pyrrole nitrogens is 1. The van der Waals surface area contributed by atoms with Gasteiger partial charge in [-0.3, -0.25) is 0 Å². The molecule has 3 aromatic rings. The minimum absolute atomic E-state index is 0.184. The Balaban J connectivity index is 1.60. The molecule has 8 heteroatoms. The fourth-order valence-electron chi connectivity index (χ4n) is 4.54. The summed E-state index contributed by atoms with van der Waals surface area (Å²) in [6, 6.07) is 16.2. The van der Waals surface area contributed by atoms with Crippen LogP contribution in [0.4, 0.5) is 8.78 Å². The molecule has 0 saturated carbocycles. The molecule has 1 aromatic heterocycles. The Morgan fingerprint density at radius 2 is 1.69 bits per heavy atom. The summed E-state index contributed by atoms with van der Waals surface area (Å²) in [7, 11) is 0. The van der Waals surface area contributed by atoms with E-state index in [1.54, 1.807) is 0 Å². The van der Waals surface area contributed by atoms with Crippen LogP contribution in [0, 0.1) is 5.92 Å². The zero-order valence-corrected chi connectivity index (χ0v) is 21.1. The summed E-state index contributed by atoms with van der Waals surface area (Å²) in [5.74, 6) is 0.994. The summed E-state index contributed by atoms with van der Waals surface area (Å²) >= 11 is 0. The molecule has 0 unspecified atom stereocenters. The van der Waals surface area contributed by atoms with Gasteiger partial charge >= 0.3 is 0 Å². The number of allylic oxidation sites excluding steroid dienone is 2. The minimum Gasteiger partial charge on any atom is -0.351 e. The zero-order chi connectivity index (χ0) is 25.2. The largest absolute Gasteiger partial charge is 0.351 e. The van der Waals surface area contributed by atoms with Crippen molar-refractivity contribution in [1.82, 2.24) is 30.4 Å². The molecule has 35 heavy (non-hydrogen) atoms. The van der Waals surface area contributed by atoms with Gasteiger partial charge in [0.05, 0.1) is 6.67 Å². The molecule has 0 amide bonds. The third-order valence-electron chi connectivity index (χ3n) is 6.41. The highest BCUT2D eigenvalue weighted by atomic mass is 19.3. The van der Waals surface area contributed by atoms with E-state index in [1.807, 2.05) is 49.9 Å². The van der Waals surface area contributed by atoms with Crippen molar-refractivity contribution in [3.63, 3.8) is 0 Å². The van der Waals surface area contributed by atoms with Crippen molar-refractivity contribution in [3.05, 3.63) is 65.5 Å². The predicted molar refractivity (Wildman–Crippen MR) is 134 cm³/mol. The number of aromatic nitrogens is 4. The molecule has 0 fully saturated rings. The second-order valence-corrected chi connectivity index (χ2v) is 10.5. The third-order valence-corrected chi connectivity index (χ3v) is 6.41. The average molecular weight is 481 g/mol. The summed E-state index contributed by atoms with van der Waals surface area (Å²) in [6.45, 7) is 11.3. The Bertz CT molecular complexity index is 1150. The number of aromatic amines is 1. The minimum atomic E-state index is -2.49. The summed E-state index contributed by atoms with van der Waals surface area (Å²) in [5, 5.41) is 14.4. The van der Waals surface area contributed by atoms with Crippen LogP contribution in [0.2, 0.25) is 0 Å². The van der Waals surface area contributed by atoms with E-state index in [9.17, 15) is 8.78 Å². The lowest BCUT2D eigenvalue weighted by Gasteiger charge is -2.36. The molecule has 2 aromatic carbocycles. The molecule has 2 heterocycles. The normalized spacial score (nSPS) is 14.7. The molecule has 1 aliphatic heterocycles. The van der Waals surface area contributed by atoms with Crippen molar-refractivity contribution in [2.45, 2.75) is 66.0 Å². The van der Waals surface area contributed by atoms with Crippen LogP contribution in [0.3, 0.4) is 0 Å². The van der Waals surface area contributed by atoms with E-state index >= 15 is 0 Å². The lowest BCUT2D eigenvalue weighted by molar-refractivity contribution is 0.0869. The Labute approximate surface area is 206 Å². The first-order valence-corrected chi connectivity index (χ1v) is 12.1. The summed E-state index contributed by atoms with van der Waals surface area (Å²) in [6.07, 6.45) is -0.961. The number of nitrogens with zero attached hydrogens (tertiary/aromatic N) is 5. The van der Waals surface area contributed by atoms with Gasteiger partial charge in [-0.25, -0.2) is 8.78 Å². The molecule has 6 nitrogen and oxygen atoms in total. The van der Waals surface area contributed by atoms with Gasteiger partial charge in [-0.1, -0.05) is 62.4 Å². The van der Waals surface area contributed by atoms with Gasteiger partial charge in [0, 0.05) is 23.3 Å². The van der Waals surface area contributed by atoms with E-state index in [-0.39, 0.29) is 11.2 Å². The molecule has 0 spiro atoms. The first-order chi connectivity index (χ1) is 16.6. The van der Waals surface area contributed by atoms with E-state index in [4.69, 9.17) is 0 Å². The highest BCUT2D eigenvalue weighted by Gasteiger charge is 2.39. The molecule has 0 radical (unpaired) electrons. The fraction of sp³-hybridized carbons (Fsp3) is 0.444. The number of hydrogen-bond donors (Lipinski definition) is 1. The van der Waals surface area contributed by atoms with Crippen LogP contribution in [-0.2, 0) is 6.54 Å². The molecular weight excluding hydrogens is 446 g/mol. The predicted octanol–water partition coefficient (Wildman–Crippen LogP) is 6.32. The topological polar surface area (TPSA) is 60.9 Å². The lowest BCUT2D eigenvalue weighted by Crippen LogP contribution is -2.42. The third kappa shape index (κ3) is 5.52. The van der Waals surface area contributed by atoms with Crippen molar-refractivity contribution in [3.8, 4) is 22.5 Å². The molecule has 0 atom stereocenters. The maximum absolute atomic E-state index is 14.3. The second-order valence-electron chi connectivity index (χ2n) is 10.5. The first kappa shape index (κ1) is 24.8. The molecule has 0 saturated heterocycles. The van der Waals surface area contributed by atoms with Gasteiger partial charge < -0.3 is 9.80 Å². The van der Waals surface area contributed by atoms with Crippen molar-refractivity contribution in [2.75, 3.05) is 6.67 Å². The summed E-state index contributed by atoms with van der Waals surface area (Å²) in [5.41, 5.74) is 4.60. The number of rotatable bonds is 8. The Kier molecular flexibility index (Phi) is 7.19. The second kappa shape index (κ2) is 10.1. The highest BCUT2D eigenvalue weighted by Crippen LogP contribution is 2.38. The van der Waals surface area contributed by atoms with Crippen LogP contribution in [0.5, 0.6) is 0 Å². The molecule has 1 aliphatic rings. The standard InChI is InChI=1S/C27H34F2N6/c1-18(2)10-15-23-24(25(28)29)35(27(3,4)5)17-34(23)16-19-11-13-20(14-12-19)21-8-6-7-9-22(21)26-30-32-33-31-26/h6-9,11-14,18,25H,10,15-17H2,1-5H3,(H,30,31,32,33). The monoisotopic (exact) mass is 480 g/mol. The maximum atomic E-state index is 14.3. The van der Waals surface area contributed by atoms with E-state index < -0.39 is 6.43 Å². The van der Waals surface area contributed by atoms with E-state index in [1.165, 1.54) is 0 Å². The van der Waals surface area contributed by atoms with E-state index in [0.717, 1.165) is 34.4 Å². The van der Waals surface area contributed by atoms with Gasteiger partial charge in [0.1, 0.15) is 5.70 Å². The van der Waals surface area contributed by atoms with Crippen LogP contribution < -0.4 is 0 Å². The molecule has 0 aliphatic carbocycles. The van der Waals surface area contributed by atoms with Gasteiger partial charge in [0.25, 0.3) is 6.43 Å². The van der Waals surface area contributed by atoms with Crippen molar-refractivity contribution in [1.29, 1.82) is 0 Å².